The van der Waals surface area contributed by atoms with Crippen molar-refractivity contribution in [3.63, 3.8) is 0 Å². The van der Waals surface area contributed by atoms with E-state index in [4.69, 9.17) is 5.11 Å². The molecule has 1 aromatic rings. The molecule has 0 spiro atoms. The summed E-state index contributed by atoms with van der Waals surface area (Å²) >= 11 is 0. The fraction of sp³-hybridized carbons (Fsp3) is 0.625. The van der Waals surface area contributed by atoms with Crippen LogP contribution in [0.4, 0.5) is 0 Å². The van der Waals surface area contributed by atoms with Gasteiger partial charge in [-0.15, -0.1) is 0 Å². The molecule has 0 aliphatic rings. The molecule has 0 heterocycles. The summed E-state index contributed by atoms with van der Waals surface area (Å²) in [4.78, 5) is 0. The Morgan fingerprint density at radius 1 is 1.06 bits per heavy atom. The number of aliphatic hydroxyl groups excluding tert-OH is 1. The highest BCUT2D eigenvalue weighted by molar-refractivity contribution is 5.29. The first kappa shape index (κ1) is 14.2. The third-order valence-electron chi connectivity index (χ3n) is 3.45. The topological polar surface area (TPSA) is 20.2 Å². The summed E-state index contributed by atoms with van der Waals surface area (Å²) in [5.41, 5.74) is 2.93. The molecule has 0 aromatic heterocycles. The summed E-state index contributed by atoms with van der Waals surface area (Å²) in [5.74, 6) is 1.04. The zero-order valence-electron chi connectivity index (χ0n) is 11.8. The molecule has 1 heteroatoms. The van der Waals surface area contributed by atoms with Crippen molar-refractivity contribution in [1.82, 2.24) is 0 Å². The molecule has 0 saturated heterocycles. The predicted octanol–water partition coefficient (Wildman–Crippen LogP) is 4.11. The third-order valence-corrected chi connectivity index (χ3v) is 3.45. The second-order valence-electron chi connectivity index (χ2n) is 6.23. The summed E-state index contributed by atoms with van der Waals surface area (Å²) in [6.45, 7) is 11.4. The summed E-state index contributed by atoms with van der Waals surface area (Å²) in [6.07, 6.45) is 0.854. The minimum absolute atomic E-state index is 0.211. The molecule has 1 atom stereocenters. The lowest BCUT2D eigenvalue weighted by Gasteiger charge is -2.23. The largest absolute Gasteiger partial charge is 0.396 e. The molecular weight excluding hydrogens is 208 g/mol. The van der Waals surface area contributed by atoms with E-state index in [9.17, 15) is 0 Å². The maximum atomic E-state index is 9.13. The van der Waals surface area contributed by atoms with Crippen LogP contribution in [-0.4, -0.2) is 11.7 Å². The van der Waals surface area contributed by atoms with Crippen molar-refractivity contribution in [1.29, 1.82) is 0 Å². The summed E-state index contributed by atoms with van der Waals surface area (Å²) in [7, 11) is 0. The maximum Gasteiger partial charge on any atom is 0.0436 e. The molecule has 1 rings (SSSR count). The first-order valence-corrected chi connectivity index (χ1v) is 6.57. The molecule has 0 fully saturated rings. The summed E-state index contributed by atoms with van der Waals surface area (Å²) in [5, 5.41) is 9.13. The number of hydrogen-bond acceptors (Lipinski definition) is 1. The summed E-state index contributed by atoms with van der Waals surface area (Å²) < 4.78 is 0. The van der Waals surface area contributed by atoms with E-state index in [1.807, 2.05) is 0 Å². The lowest BCUT2D eigenvalue weighted by atomic mass is 9.82. The first-order valence-electron chi connectivity index (χ1n) is 6.57. The van der Waals surface area contributed by atoms with E-state index in [1.165, 1.54) is 11.1 Å². The Kier molecular flexibility index (Phi) is 4.76. The first-order chi connectivity index (χ1) is 7.86. The highest BCUT2D eigenvalue weighted by Crippen LogP contribution is 2.30. The molecule has 1 nitrogen and oxygen atoms in total. The van der Waals surface area contributed by atoms with Crippen LogP contribution in [0.15, 0.2) is 24.3 Å². The monoisotopic (exact) mass is 234 g/mol. The molecule has 0 aliphatic heterocycles. The SMILES string of the molecule is CC(C)[C@@H](CCO)c1ccc(C(C)(C)C)cc1. The van der Waals surface area contributed by atoms with Gasteiger partial charge in [-0.1, -0.05) is 58.9 Å². The Labute approximate surface area is 106 Å². The van der Waals surface area contributed by atoms with Gasteiger partial charge in [-0.05, 0) is 34.8 Å². The average Bonchev–Trinajstić information content (AvgIpc) is 2.24. The Bertz CT molecular complexity index is 330. The number of rotatable bonds is 4. The van der Waals surface area contributed by atoms with E-state index >= 15 is 0 Å². The highest BCUT2D eigenvalue weighted by atomic mass is 16.3. The van der Waals surface area contributed by atoms with Crippen molar-refractivity contribution in [2.75, 3.05) is 6.61 Å². The van der Waals surface area contributed by atoms with E-state index in [1.54, 1.807) is 0 Å². The van der Waals surface area contributed by atoms with E-state index < -0.39 is 0 Å². The molecule has 0 saturated carbocycles. The van der Waals surface area contributed by atoms with Gasteiger partial charge in [0.15, 0.2) is 0 Å². The fourth-order valence-electron chi connectivity index (χ4n) is 2.25. The number of benzene rings is 1. The van der Waals surface area contributed by atoms with E-state index in [2.05, 4.69) is 58.9 Å². The van der Waals surface area contributed by atoms with Gasteiger partial charge >= 0.3 is 0 Å². The molecule has 1 aromatic carbocycles. The molecular formula is C16H26O. The predicted molar refractivity (Wildman–Crippen MR) is 74.4 cm³/mol. The minimum Gasteiger partial charge on any atom is -0.396 e. The average molecular weight is 234 g/mol. The van der Waals surface area contributed by atoms with Crippen LogP contribution in [0.1, 0.15) is 58.1 Å². The number of aliphatic hydroxyl groups is 1. The lowest BCUT2D eigenvalue weighted by Crippen LogP contribution is -2.12. The van der Waals surface area contributed by atoms with Gasteiger partial charge in [-0.25, -0.2) is 0 Å². The van der Waals surface area contributed by atoms with E-state index in [0.29, 0.717) is 11.8 Å². The van der Waals surface area contributed by atoms with Gasteiger partial charge in [0.25, 0.3) is 0 Å². The van der Waals surface area contributed by atoms with Crippen LogP contribution < -0.4 is 0 Å². The van der Waals surface area contributed by atoms with Crippen LogP contribution in [0.3, 0.4) is 0 Å². The second kappa shape index (κ2) is 5.68. The maximum absolute atomic E-state index is 9.13. The van der Waals surface area contributed by atoms with Crippen molar-refractivity contribution in [3.05, 3.63) is 35.4 Å². The Morgan fingerprint density at radius 3 is 1.94 bits per heavy atom. The van der Waals surface area contributed by atoms with Gasteiger partial charge in [0.2, 0.25) is 0 Å². The quantitative estimate of drug-likeness (QED) is 0.831. The fourth-order valence-corrected chi connectivity index (χ4v) is 2.25. The molecule has 1 N–H and O–H groups in total. The smallest absolute Gasteiger partial charge is 0.0436 e. The van der Waals surface area contributed by atoms with Crippen molar-refractivity contribution in [3.8, 4) is 0 Å². The van der Waals surface area contributed by atoms with Crippen LogP contribution >= 0.6 is 0 Å². The van der Waals surface area contributed by atoms with Gasteiger partial charge in [0, 0.05) is 6.61 Å². The molecule has 96 valence electrons. The van der Waals surface area contributed by atoms with E-state index in [0.717, 1.165) is 6.42 Å². The third kappa shape index (κ3) is 3.85. The van der Waals surface area contributed by atoms with Gasteiger partial charge in [-0.3, -0.25) is 0 Å². The van der Waals surface area contributed by atoms with Crippen LogP contribution in [0, 0.1) is 5.92 Å². The van der Waals surface area contributed by atoms with Crippen molar-refractivity contribution < 1.29 is 5.11 Å². The molecule has 0 aliphatic carbocycles. The Balaban J connectivity index is 2.92. The van der Waals surface area contributed by atoms with Crippen LogP contribution in [0.5, 0.6) is 0 Å². The molecule has 0 amide bonds. The zero-order valence-corrected chi connectivity index (χ0v) is 11.8. The van der Waals surface area contributed by atoms with Gasteiger partial charge in [0.1, 0.15) is 0 Å². The Morgan fingerprint density at radius 2 is 1.59 bits per heavy atom. The second-order valence-corrected chi connectivity index (χ2v) is 6.23. The minimum atomic E-state index is 0.211. The molecule has 0 unspecified atom stereocenters. The van der Waals surface area contributed by atoms with Crippen molar-refractivity contribution in [2.45, 2.75) is 52.4 Å². The van der Waals surface area contributed by atoms with Crippen molar-refractivity contribution >= 4 is 0 Å². The molecule has 17 heavy (non-hydrogen) atoms. The van der Waals surface area contributed by atoms with Crippen LogP contribution in [0.2, 0.25) is 0 Å². The normalized spacial score (nSPS) is 14.1. The van der Waals surface area contributed by atoms with Gasteiger partial charge < -0.3 is 5.11 Å². The van der Waals surface area contributed by atoms with E-state index in [-0.39, 0.29) is 12.0 Å². The van der Waals surface area contributed by atoms with Crippen LogP contribution in [0.25, 0.3) is 0 Å². The molecule has 0 bridgehead atoms. The zero-order chi connectivity index (χ0) is 13.1. The molecule has 0 radical (unpaired) electrons. The standard InChI is InChI=1S/C16H26O/c1-12(2)15(10-11-17)13-6-8-14(9-7-13)16(3,4)5/h6-9,12,15,17H,10-11H2,1-5H3/t15-/m1/s1. The van der Waals surface area contributed by atoms with Crippen LogP contribution in [-0.2, 0) is 5.41 Å². The lowest BCUT2D eigenvalue weighted by molar-refractivity contribution is 0.261. The van der Waals surface area contributed by atoms with Gasteiger partial charge in [0.05, 0.1) is 0 Å². The van der Waals surface area contributed by atoms with Gasteiger partial charge in [-0.2, -0.15) is 0 Å². The highest BCUT2D eigenvalue weighted by Gasteiger charge is 2.17. The number of hydrogen-bond donors (Lipinski definition) is 1. The summed E-state index contributed by atoms with van der Waals surface area (Å²) in [6, 6.07) is 8.89. The Hall–Kier alpha value is -0.820. The van der Waals surface area contributed by atoms with Crippen molar-refractivity contribution in [2.24, 2.45) is 5.92 Å².